The zero-order valence-electron chi connectivity index (χ0n) is 17.5. The molecule has 0 heterocycles. The minimum Gasteiger partial charge on any atom is -0.495 e. The highest BCUT2D eigenvalue weighted by Crippen LogP contribution is 2.27. The van der Waals surface area contributed by atoms with Crippen molar-refractivity contribution in [2.75, 3.05) is 7.11 Å². The van der Waals surface area contributed by atoms with E-state index in [-0.39, 0.29) is 34.2 Å². The van der Waals surface area contributed by atoms with Gasteiger partial charge in [-0.2, -0.15) is 0 Å². The summed E-state index contributed by atoms with van der Waals surface area (Å²) in [4.78, 5) is 12.8. The first-order chi connectivity index (χ1) is 14.2. The summed E-state index contributed by atoms with van der Waals surface area (Å²) in [5.74, 6) is -0.180. The summed E-state index contributed by atoms with van der Waals surface area (Å²) in [6.45, 7) is 5.36. The molecule has 0 aliphatic heterocycles. The first kappa shape index (κ1) is 21.8. The van der Waals surface area contributed by atoms with Crippen molar-refractivity contribution in [3.63, 3.8) is 0 Å². The van der Waals surface area contributed by atoms with Crippen LogP contribution in [0.4, 0.5) is 0 Å². The standard InChI is InChI=1S/C23H26N2O4S/c1-15(2)25-30(27,28)22-14-18(12-13-21(22)29-4)23(26)24-16(3)19-11-7-9-17-8-5-6-10-20(17)19/h5-16,25H,1-4H3,(H,24,26). The fourth-order valence-corrected chi connectivity index (χ4v) is 4.83. The monoisotopic (exact) mass is 426 g/mol. The molecular weight excluding hydrogens is 400 g/mol. The van der Waals surface area contributed by atoms with Gasteiger partial charge in [0.2, 0.25) is 10.0 Å². The van der Waals surface area contributed by atoms with Gasteiger partial charge in [-0.15, -0.1) is 0 Å². The SMILES string of the molecule is COc1ccc(C(=O)NC(C)c2cccc3ccccc23)cc1S(=O)(=O)NC(C)C. The number of carbonyl (C=O) groups is 1. The molecule has 7 heteroatoms. The Morgan fingerprint density at radius 2 is 1.67 bits per heavy atom. The lowest BCUT2D eigenvalue weighted by molar-refractivity contribution is 0.0940. The Hall–Kier alpha value is -2.90. The van der Waals surface area contributed by atoms with Crippen molar-refractivity contribution in [1.82, 2.24) is 10.0 Å². The van der Waals surface area contributed by atoms with E-state index >= 15 is 0 Å². The van der Waals surface area contributed by atoms with Gasteiger partial charge in [-0.05, 0) is 55.3 Å². The lowest BCUT2D eigenvalue weighted by Gasteiger charge is -2.18. The molecule has 0 aromatic heterocycles. The molecule has 0 radical (unpaired) electrons. The van der Waals surface area contributed by atoms with E-state index in [0.717, 1.165) is 16.3 Å². The summed E-state index contributed by atoms with van der Waals surface area (Å²) in [7, 11) is -2.43. The third-order valence-corrected chi connectivity index (χ3v) is 6.42. The number of fused-ring (bicyclic) bond motifs is 1. The fraction of sp³-hybridized carbons (Fsp3) is 0.261. The Bertz CT molecular complexity index is 1170. The molecular formula is C23H26N2O4S. The first-order valence-electron chi connectivity index (χ1n) is 9.72. The molecule has 0 saturated heterocycles. The van der Waals surface area contributed by atoms with Crippen LogP contribution in [0.2, 0.25) is 0 Å². The molecule has 0 spiro atoms. The zero-order valence-corrected chi connectivity index (χ0v) is 18.3. The highest BCUT2D eigenvalue weighted by Gasteiger charge is 2.23. The predicted octanol–water partition coefficient (Wildman–Crippen LogP) is 4.03. The molecule has 0 bridgehead atoms. The Kier molecular flexibility index (Phi) is 6.43. The third kappa shape index (κ3) is 4.63. The molecule has 3 rings (SSSR count). The van der Waals surface area contributed by atoms with Crippen LogP contribution in [0.15, 0.2) is 65.6 Å². The van der Waals surface area contributed by atoms with Gasteiger partial charge < -0.3 is 10.1 Å². The molecule has 1 amide bonds. The Balaban J connectivity index is 1.91. The molecule has 0 aliphatic carbocycles. The molecule has 0 fully saturated rings. The number of hydrogen-bond acceptors (Lipinski definition) is 4. The van der Waals surface area contributed by atoms with Crippen LogP contribution in [0, 0.1) is 0 Å². The lowest BCUT2D eigenvalue weighted by atomic mass is 9.99. The van der Waals surface area contributed by atoms with Gasteiger partial charge in [-0.1, -0.05) is 42.5 Å². The Morgan fingerprint density at radius 1 is 0.967 bits per heavy atom. The van der Waals surface area contributed by atoms with Crippen molar-refractivity contribution in [2.24, 2.45) is 0 Å². The van der Waals surface area contributed by atoms with Gasteiger partial charge in [0.1, 0.15) is 10.6 Å². The third-order valence-electron chi connectivity index (χ3n) is 4.74. The van der Waals surface area contributed by atoms with E-state index in [1.807, 2.05) is 49.4 Å². The molecule has 6 nitrogen and oxygen atoms in total. The number of nitrogens with one attached hydrogen (secondary N) is 2. The van der Waals surface area contributed by atoms with Crippen LogP contribution in [-0.4, -0.2) is 27.5 Å². The Morgan fingerprint density at radius 3 is 2.37 bits per heavy atom. The van der Waals surface area contributed by atoms with Gasteiger partial charge in [-0.3, -0.25) is 4.79 Å². The fourth-order valence-electron chi connectivity index (χ4n) is 3.39. The number of methoxy groups -OCH3 is 1. The summed E-state index contributed by atoms with van der Waals surface area (Å²) in [5, 5.41) is 5.12. The number of amides is 1. The summed E-state index contributed by atoms with van der Waals surface area (Å²) in [5.41, 5.74) is 1.23. The van der Waals surface area contributed by atoms with Gasteiger partial charge in [0, 0.05) is 11.6 Å². The minimum atomic E-state index is -3.82. The van der Waals surface area contributed by atoms with E-state index < -0.39 is 10.0 Å². The average molecular weight is 427 g/mol. The maximum absolute atomic E-state index is 12.9. The number of rotatable bonds is 7. The number of ether oxygens (including phenoxy) is 1. The van der Waals surface area contributed by atoms with Crippen LogP contribution in [-0.2, 0) is 10.0 Å². The highest BCUT2D eigenvalue weighted by molar-refractivity contribution is 7.89. The first-order valence-corrected chi connectivity index (χ1v) is 11.2. The highest BCUT2D eigenvalue weighted by atomic mass is 32.2. The largest absolute Gasteiger partial charge is 0.495 e. The number of benzene rings is 3. The average Bonchev–Trinajstić information content (AvgIpc) is 2.71. The van der Waals surface area contributed by atoms with Crippen LogP contribution in [0.5, 0.6) is 5.75 Å². The normalized spacial score (nSPS) is 12.7. The smallest absolute Gasteiger partial charge is 0.251 e. The van der Waals surface area contributed by atoms with Crippen LogP contribution >= 0.6 is 0 Å². The van der Waals surface area contributed by atoms with Crippen molar-refractivity contribution in [3.05, 3.63) is 71.8 Å². The van der Waals surface area contributed by atoms with E-state index in [1.54, 1.807) is 19.9 Å². The summed E-state index contributed by atoms with van der Waals surface area (Å²) in [6.07, 6.45) is 0. The maximum Gasteiger partial charge on any atom is 0.251 e. The predicted molar refractivity (Wildman–Crippen MR) is 118 cm³/mol. The van der Waals surface area contributed by atoms with Crippen LogP contribution in [0.3, 0.4) is 0 Å². The molecule has 0 saturated carbocycles. The van der Waals surface area contributed by atoms with E-state index in [4.69, 9.17) is 4.74 Å². The molecule has 158 valence electrons. The number of hydrogen-bond donors (Lipinski definition) is 2. The van der Waals surface area contributed by atoms with Crippen LogP contribution < -0.4 is 14.8 Å². The van der Waals surface area contributed by atoms with Crippen LogP contribution in [0.25, 0.3) is 10.8 Å². The minimum absolute atomic E-state index is 0.0656. The second-order valence-electron chi connectivity index (χ2n) is 7.41. The molecule has 0 aliphatic rings. The number of carbonyl (C=O) groups excluding carboxylic acids is 1. The summed E-state index contributed by atoms with van der Waals surface area (Å²) in [6, 6.07) is 17.8. The van der Waals surface area contributed by atoms with Gasteiger partial charge >= 0.3 is 0 Å². The zero-order chi connectivity index (χ0) is 21.9. The van der Waals surface area contributed by atoms with Gasteiger partial charge in [0.05, 0.1) is 13.2 Å². The molecule has 3 aromatic rings. The quantitative estimate of drug-likeness (QED) is 0.597. The molecule has 30 heavy (non-hydrogen) atoms. The van der Waals surface area contributed by atoms with Gasteiger partial charge in [0.25, 0.3) is 5.91 Å². The Labute approximate surface area is 177 Å². The van der Waals surface area contributed by atoms with E-state index in [1.165, 1.54) is 19.2 Å². The van der Waals surface area contributed by atoms with E-state index in [0.29, 0.717) is 0 Å². The van der Waals surface area contributed by atoms with Gasteiger partial charge in [-0.25, -0.2) is 13.1 Å². The van der Waals surface area contributed by atoms with E-state index in [9.17, 15) is 13.2 Å². The van der Waals surface area contributed by atoms with Crippen molar-refractivity contribution < 1.29 is 17.9 Å². The number of sulfonamides is 1. The second kappa shape index (κ2) is 8.85. The lowest BCUT2D eigenvalue weighted by Crippen LogP contribution is -2.31. The van der Waals surface area contributed by atoms with Gasteiger partial charge in [0.15, 0.2) is 0 Å². The molecule has 3 aromatic carbocycles. The molecule has 1 unspecified atom stereocenters. The molecule has 1 atom stereocenters. The summed E-state index contributed by atoms with van der Waals surface area (Å²) < 4.78 is 33.0. The summed E-state index contributed by atoms with van der Waals surface area (Å²) >= 11 is 0. The van der Waals surface area contributed by atoms with Crippen LogP contribution in [0.1, 0.15) is 42.7 Å². The van der Waals surface area contributed by atoms with Crippen molar-refractivity contribution in [3.8, 4) is 5.75 Å². The topological polar surface area (TPSA) is 84.5 Å². The van der Waals surface area contributed by atoms with Crippen molar-refractivity contribution in [2.45, 2.75) is 37.8 Å². The molecule has 2 N–H and O–H groups in total. The maximum atomic E-state index is 12.9. The van der Waals surface area contributed by atoms with E-state index in [2.05, 4.69) is 10.0 Å². The van der Waals surface area contributed by atoms with Crippen molar-refractivity contribution in [1.29, 1.82) is 0 Å². The second-order valence-corrected chi connectivity index (χ2v) is 9.09. The van der Waals surface area contributed by atoms with Crippen molar-refractivity contribution >= 4 is 26.7 Å².